The summed E-state index contributed by atoms with van der Waals surface area (Å²) in [5.74, 6) is 3.37. The van der Waals surface area contributed by atoms with Crippen molar-refractivity contribution >= 4 is 29.9 Å². The van der Waals surface area contributed by atoms with Crippen molar-refractivity contribution in [2.24, 2.45) is 10.9 Å². The van der Waals surface area contributed by atoms with Crippen molar-refractivity contribution in [3.63, 3.8) is 0 Å². The molecule has 7 heteroatoms. The predicted molar refractivity (Wildman–Crippen MR) is 114 cm³/mol. The Kier molecular flexibility index (Phi) is 11.4. The molecule has 0 spiro atoms. The molecule has 0 heterocycles. The van der Waals surface area contributed by atoms with E-state index in [0.29, 0.717) is 35.8 Å². The standard InChI is InChI=1S/C18H31N3O3.HI/c1-8-19-18(21-13(4)12(2)3)20-11-15-16(23-6)9-14(22-5)10-17(15)24-7;/h9-10,12-13H,8,11H2,1-7H3,(H2,19,20,21);1H. The number of methoxy groups -OCH3 is 3. The van der Waals surface area contributed by atoms with Crippen molar-refractivity contribution in [2.45, 2.75) is 40.3 Å². The van der Waals surface area contributed by atoms with Crippen LogP contribution in [-0.2, 0) is 6.54 Å². The highest BCUT2D eigenvalue weighted by atomic mass is 127. The molecule has 1 aromatic carbocycles. The van der Waals surface area contributed by atoms with E-state index < -0.39 is 0 Å². The molecule has 0 aromatic heterocycles. The number of aliphatic imine (C=N–C) groups is 1. The third-order valence-electron chi connectivity index (χ3n) is 3.92. The molecule has 0 amide bonds. The van der Waals surface area contributed by atoms with E-state index in [1.807, 2.05) is 19.1 Å². The van der Waals surface area contributed by atoms with E-state index in [2.05, 4.69) is 36.4 Å². The summed E-state index contributed by atoms with van der Waals surface area (Å²) in [6.45, 7) is 9.79. The van der Waals surface area contributed by atoms with Crippen LogP contribution in [-0.4, -0.2) is 39.9 Å². The minimum atomic E-state index is 0. The minimum absolute atomic E-state index is 0. The summed E-state index contributed by atoms with van der Waals surface area (Å²) in [7, 11) is 4.88. The zero-order valence-corrected chi connectivity index (χ0v) is 18.6. The first kappa shape index (κ1) is 23.6. The van der Waals surface area contributed by atoms with Gasteiger partial charge in [-0.1, -0.05) is 13.8 Å². The second kappa shape index (κ2) is 12.1. The van der Waals surface area contributed by atoms with Crippen LogP contribution in [0.2, 0.25) is 0 Å². The molecule has 6 nitrogen and oxygen atoms in total. The third-order valence-corrected chi connectivity index (χ3v) is 3.92. The fourth-order valence-electron chi connectivity index (χ4n) is 2.09. The van der Waals surface area contributed by atoms with E-state index >= 15 is 0 Å². The van der Waals surface area contributed by atoms with Gasteiger partial charge in [0.15, 0.2) is 5.96 Å². The Morgan fingerprint density at radius 2 is 1.60 bits per heavy atom. The average molecular weight is 465 g/mol. The number of benzene rings is 1. The summed E-state index contributed by atoms with van der Waals surface area (Å²) in [4.78, 5) is 4.67. The lowest BCUT2D eigenvalue weighted by Crippen LogP contribution is -2.44. The van der Waals surface area contributed by atoms with Gasteiger partial charge in [-0.15, -0.1) is 24.0 Å². The monoisotopic (exact) mass is 465 g/mol. The molecule has 0 saturated carbocycles. The second-order valence-electron chi connectivity index (χ2n) is 5.88. The van der Waals surface area contributed by atoms with E-state index in [9.17, 15) is 0 Å². The van der Waals surface area contributed by atoms with Crippen molar-refractivity contribution < 1.29 is 14.2 Å². The number of guanidine groups is 1. The van der Waals surface area contributed by atoms with Gasteiger partial charge in [-0.2, -0.15) is 0 Å². The molecule has 25 heavy (non-hydrogen) atoms. The lowest BCUT2D eigenvalue weighted by Gasteiger charge is -2.21. The second-order valence-corrected chi connectivity index (χ2v) is 5.88. The Morgan fingerprint density at radius 3 is 2.00 bits per heavy atom. The van der Waals surface area contributed by atoms with Crippen LogP contribution in [0.4, 0.5) is 0 Å². The molecule has 0 saturated heterocycles. The third kappa shape index (κ3) is 7.17. The highest BCUT2D eigenvalue weighted by Gasteiger charge is 2.14. The Balaban J connectivity index is 0.00000576. The maximum absolute atomic E-state index is 5.47. The number of hydrogen-bond donors (Lipinski definition) is 2. The number of hydrogen-bond acceptors (Lipinski definition) is 4. The number of halogens is 1. The molecule has 0 aliphatic heterocycles. The van der Waals surface area contributed by atoms with Crippen molar-refractivity contribution in [3.8, 4) is 17.2 Å². The van der Waals surface area contributed by atoms with Crippen LogP contribution < -0.4 is 24.8 Å². The predicted octanol–water partition coefficient (Wildman–Crippen LogP) is 3.43. The van der Waals surface area contributed by atoms with Gasteiger partial charge in [-0.25, -0.2) is 4.99 Å². The normalized spacial score (nSPS) is 12.2. The SMILES string of the molecule is CCNC(=NCc1c(OC)cc(OC)cc1OC)NC(C)C(C)C.I. The first-order valence-electron chi connectivity index (χ1n) is 8.30. The molecule has 2 N–H and O–H groups in total. The van der Waals surface area contributed by atoms with Gasteiger partial charge < -0.3 is 24.8 Å². The first-order valence-corrected chi connectivity index (χ1v) is 8.30. The lowest BCUT2D eigenvalue weighted by molar-refractivity contribution is 0.369. The molecule has 0 bridgehead atoms. The summed E-state index contributed by atoms with van der Waals surface area (Å²) < 4.78 is 16.2. The van der Waals surface area contributed by atoms with Gasteiger partial charge in [0, 0.05) is 24.7 Å². The van der Waals surface area contributed by atoms with Crippen LogP contribution in [0.5, 0.6) is 17.2 Å². The maximum atomic E-state index is 5.47. The van der Waals surface area contributed by atoms with Crippen LogP contribution in [0.1, 0.15) is 33.3 Å². The summed E-state index contributed by atoms with van der Waals surface area (Å²) >= 11 is 0. The van der Waals surface area contributed by atoms with Crippen LogP contribution in [0, 0.1) is 5.92 Å². The van der Waals surface area contributed by atoms with Crippen LogP contribution >= 0.6 is 24.0 Å². The largest absolute Gasteiger partial charge is 0.496 e. The van der Waals surface area contributed by atoms with E-state index in [1.165, 1.54) is 0 Å². The molecule has 0 radical (unpaired) electrons. The van der Waals surface area contributed by atoms with Crippen molar-refractivity contribution in [1.29, 1.82) is 0 Å². The Bertz CT molecular complexity index is 525. The quantitative estimate of drug-likeness (QED) is 0.350. The molecule has 1 unspecified atom stereocenters. The van der Waals surface area contributed by atoms with Crippen LogP contribution in [0.3, 0.4) is 0 Å². The van der Waals surface area contributed by atoms with Gasteiger partial charge in [0.2, 0.25) is 0 Å². The minimum Gasteiger partial charge on any atom is -0.496 e. The van der Waals surface area contributed by atoms with E-state index in [0.717, 1.165) is 18.1 Å². The first-order chi connectivity index (χ1) is 11.5. The highest BCUT2D eigenvalue weighted by Crippen LogP contribution is 2.34. The zero-order valence-electron chi connectivity index (χ0n) is 16.3. The zero-order chi connectivity index (χ0) is 18.1. The number of ether oxygens (including phenoxy) is 3. The Labute approximate surface area is 168 Å². The van der Waals surface area contributed by atoms with Gasteiger partial charge in [0.05, 0.1) is 33.4 Å². The maximum Gasteiger partial charge on any atom is 0.191 e. The van der Waals surface area contributed by atoms with Gasteiger partial charge >= 0.3 is 0 Å². The molecule has 0 aliphatic carbocycles. The number of nitrogens with zero attached hydrogens (tertiary/aromatic N) is 1. The topological polar surface area (TPSA) is 64.1 Å². The molecule has 0 aliphatic rings. The highest BCUT2D eigenvalue weighted by molar-refractivity contribution is 14.0. The molecule has 144 valence electrons. The summed E-state index contributed by atoms with van der Waals surface area (Å²) in [6, 6.07) is 4.00. The lowest BCUT2D eigenvalue weighted by atomic mass is 10.1. The molecule has 1 rings (SSSR count). The number of nitrogens with one attached hydrogen (secondary N) is 2. The van der Waals surface area contributed by atoms with E-state index in [4.69, 9.17) is 14.2 Å². The Morgan fingerprint density at radius 1 is 1.04 bits per heavy atom. The smallest absolute Gasteiger partial charge is 0.191 e. The fraction of sp³-hybridized carbons (Fsp3) is 0.611. The van der Waals surface area contributed by atoms with Crippen molar-refractivity contribution in [3.05, 3.63) is 17.7 Å². The fourth-order valence-corrected chi connectivity index (χ4v) is 2.09. The summed E-state index contributed by atoms with van der Waals surface area (Å²) in [5.41, 5.74) is 0.884. The van der Waals surface area contributed by atoms with Crippen molar-refractivity contribution in [1.82, 2.24) is 10.6 Å². The van der Waals surface area contributed by atoms with Gasteiger partial charge in [0.25, 0.3) is 0 Å². The van der Waals surface area contributed by atoms with E-state index in [-0.39, 0.29) is 24.0 Å². The molecule has 1 aromatic rings. The number of rotatable bonds is 8. The summed E-state index contributed by atoms with van der Waals surface area (Å²) in [6.07, 6.45) is 0. The van der Waals surface area contributed by atoms with Crippen LogP contribution in [0.15, 0.2) is 17.1 Å². The van der Waals surface area contributed by atoms with Gasteiger partial charge in [0.1, 0.15) is 17.2 Å². The average Bonchev–Trinajstić information content (AvgIpc) is 2.58. The van der Waals surface area contributed by atoms with Gasteiger partial charge in [-0.3, -0.25) is 0 Å². The molecule has 0 fully saturated rings. The van der Waals surface area contributed by atoms with Crippen molar-refractivity contribution in [2.75, 3.05) is 27.9 Å². The molecule has 1 atom stereocenters. The van der Waals surface area contributed by atoms with Crippen LogP contribution in [0.25, 0.3) is 0 Å². The summed E-state index contributed by atoms with van der Waals surface area (Å²) in [5, 5.41) is 6.69. The molecular formula is C18H32IN3O3. The van der Waals surface area contributed by atoms with E-state index in [1.54, 1.807) is 21.3 Å². The van der Waals surface area contributed by atoms with Gasteiger partial charge in [-0.05, 0) is 19.8 Å². The molecular weight excluding hydrogens is 433 g/mol. The Hall–Kier alpha value is -1.38.